The average Bonchev–Trinajstić information content (AvgIpc) is 2.60. The SMILES string of the molecule is NCCN(OC(=O)CC(O)(CC(=O)O)C(=O)O)c1cccc2ccccc12. The molecule has 1 atom stereocenters. The maximum Gasteiger partial charge on any atom is 0.336 e. The Balaban J connectivity index is 2.26. The number of nitrogens with two attached hydrogens (primary N) is 1. The monoisotopic (exact) mass is 376 g/mol. The summed E-state index contributed by atoms with van der Waals surface area (Å²) in [5.41, 5.74) is 3.34. The van der Waals surface area contributed by atoms with Crippen LogP contribution in [0.5, 0.6) is 0 Å². The standard InChI is InChI=1S/C18H20N2O7/c19-8-9-20(14-7-3-5-12-4-1-2-6-13(12)14)27-16(23)11-18(26,17(24)25)10-15(21)22/h1-7,26H,8-11,19H2,(H,21,22)(H,24,25). The topological polar surface area (TPSA) is 150 Å². The fourth-order valence-corrected chi connectivity index (χ4v) is 2.62. The Hall–Kier alpha value is -3.17. The van der Waals surface area contributed by atoms with Crippen LogP contribution in [0.15, 0.2) is 42.5 Å². The summed E-state index contributed by atoms with van der Waals surface area (Å²) in [7, 11) is 0. The lowest BCUT2D eigenvalue weighted by Crippen LogP contribution is -2.44. The second kappa shape index (κ2) is 8.47. The van der Waals surface area contributed by atoms with Crippen LogP contribution < -0.4 is 10.8 Å². The third-order valence-corrected chi connectivity index (χ3v) is 3.86. The van der Waals surface area contributed by atoms with Crippen molar-refractivity contribution in [3.63, 3.8) is 0 Å². The first kappa shape index (κ1) is 20.1. The summed E-state index contributed by atoms with van der Waals surface area (Å²) in [4.78, 5) is 39.4. The molecule has 0 heterocycles. The zero-order valence-electron chi connectivity index (χ0n) is 14.4. The molecule has 0 aromatic heterocycles. The molecule has 144 valence electrons. The second-order valence-electron chi connectivity index (χ2n) is 5.94. The van der Waals surface area contributed by atoms with Crippen LogP contribution in [0.1, 0.15) is 12.8 Å². The fraction of sp³-hybridized carbons (Fsp3) is 0.278. The van der Waals surface area contributed by atoms with Crippen LogP contribution in [0.3, 0.4) is 0 Å². The van der Waals surface area contributed by atoms with E-state index < -0.39 is 36.4 Å². The summed E-state index contributed by atoms with van der Waals surface area (Å²) >= 11 is 0. The van der Waals surface area contributed by atoms with Gasteiger partial charge in [-0.3, -0.25) is 4.79 Å². The highest BCUT2D eigenvalue weighted by Crippen LogP contribution is 2.27. The van der Waals surface area contributed by atoms with Crippen LogP contribution in [0.4, 0.5) is 5.69 Å². The number of carboxylic acid groups (broad SMARTS) is 2. The number of fused-ring (bicyclic) bond motifs is 1. The van der Waals surface area contributed by atoms with E-state index in [2.05, 4.69) is 0 Å². The Labute approximate surface area is 154 Å². The van der Waals surface area contributed by atoms with Gasteiger partial charge in [0.05, 0.1) is 25.1 Å². The van der Waals surface area contributed by atoms with Gasteiger partial charge in [-0.05, 0) is 11.5 Å². The first-order valence-electron chi connectivity index (χ1n) is 8.10. The second-order valence-corrected chi connectivity index (χ2v) is 5.94. The molecule has 1 unspecified atom stereocenters. The molecule has 0 spiro atoms. The van der Waals surface area contributed by atoms with E-state index in [0.717, 1.165) is 10.8 Å². The number of aliphatic carboxylic acids is 2. The van der Waals surface area contributed by atoms with Gasteiger partial charge in [0.25, 0.3) is 0 Å². The van der Waals surface area contributed by atoms with E-state index in [1.54, 1.807) is 12.1 Å². The normalized spacial score (nSPS) is 13.0. The van der Waals surface area contributed by atoms with Crippen molar-refractivity contribution in [3.8, 4) is 0 Å². The van der Waals surface area contributed by atoms with E-state index in [1.165, 1.54) is 5.06 Å². The van der Waals surface area contributed by atoms with Crippen molar-refractivity contribution in [2.24, 2.45) is 5.73 Å². The van der Waals surface area contributed by atoms with Crippen LogP contribution >= 0.6 is 0 Å². The zero-order valence-corrected chi connectivity index (χ0v) is 14.4. The number of benzene rings is 2. The summed E-state index contributed by atoms with van der Waals surface area (Å²) in [6.45, 7) is 0.249. The van der Waals surface area contributed by atoms with E-state index in [-0.39, 0.29) is 13.1 Å². The minimum absolute atomic E-state index is 0.115. The molecule has 5 N–H and O–H groups in total. The first-order valence-corrected chi connectivity index (χ1v) is 8.10. The van der Waals surface area contributed by atoms with E-state index in [1.807, 2.05) is 30.3 Å². The minimum atomic E-state index is -2.77. The fourth-order valence-electron chi connectivity index (χ4n) is 2.62. The van der Waals surface area contributed by atoms with Crippen molar-refractivity contribution in [2.75, 3.05) is 18.2 Å². The molecule has 0 saturated heterocycles. The number of hydroxylamine groups is 1. The van der Waals surface area contributed by atoms with Crippen LogP contribution in [-0.4, -0.2) is 51.9 Å². The van der Waals surface area contributed by atoms with Crippen molar-refractivity contribution in [1.82, 2.24) is 0 Å². The molecule has 2 aromatic carbocycles. The molecule has 2 aromatic rings. The largest absolute Gasteiger partial charge is 0.481 e. The Bertz CT molecular complexity index is 849. The third kappa shape index (κ3) is 4.93. The molecule has 0 aliphatic heterocycles. The number of nitrogens with zero attached hydrogens (tertiary/aromatic N) is 1. The summed E-state index contributed by atoms with van der Waals surface area (Å²) in [6.07, 6.45) is -2.16. The molecule has 9 nitrogen and oxygen atoms in total. The van der Waals surface area contributed by atoms with Crippen LogP contribution in [-0.2, 0) is 19.2 Å². The smallest absolute Gasteiger partial charge is 0.336 e. The van der Waals surface area contributed by atoms with Gasteiger partial charge in [-0.2, -0.15) is 0 Å². The Morgan fingerprint density at radius 2 is 1.70 bits per heavy atom. The Kier molecular flexibility index (Phi) is 6.32. The van der Waals surface area contributed by atoms with Gasteiger partial charge < -0.3 is 25.9 Å². The predicted molar refractivity (Wildman–Crippen MR) is 95.9 cm³/mol. The Morgan fingerprint density at radius 3 is 2.33 bits per heavy atom. The van der Waals surface area contributed by atoms with Gasteiger partial charge in [-0.25, -0.2) is 14.7 Å². The summed E-state index contributed by atoms with van der Waals surface area (Å²) in [6, 6.07) is 12.7. The quantitative estimate of drug-likeness (QED) is 0.465. The molecule has 0 fully saturated rings. The number of aliphatic hydroxyl groups is 1. The minimum Gasteiger partial charge on any atom is -0.481 e. The molecule has 0 radical (unpaired) electrons. The van der Waals surface area contributed by atoms with Crippen molar-refractivity contribution in [3.05, 3.63) is 42.5 Å². The number of anilines is 1. The third-order valence-electron chi connectivity index (χ3n) is 3.86. The molecular formula is C18H20N2O7. The van der Waals surface area contributed by atoms with Gasteiger partial charge >= 0.3 is 17.9 Å². The van der Waals surface area contributed by atoms with Gasteiger partial charge in [0.1, 0.15) is 0 Å². The van der Waals surface area contributed by atoms with E-state index in [0.29, 0.717) is 5.69 Å². The Morgan fingerprint density at radius 1 is 1.04 bits per heavy atom. The lowest BCUT2D eigenvalue weighted by molar-refractivity contribution is -0.172. The lowest BCUT2D eigenvalue weighted by atomic mass is 9.96. The predicted octanol–water partition coefficient (Wildman–Crippen LogP) is 0.744. The van der Waals surface area contributed by atoms with E-state index in [4.69, 9.17) is 20.8 Å². The van der Waals surface area contributed by atoms with Crippen molar-refractivity contribution in [2.45, 2.75) is 18.4 Å². The average molecular weight is 376 g/mol. The van der Waals surface area contributed by atoms with Crippen LogP contribution in [0, 0.1) is 0 Å². The van der Waals surface area contributed by atoms with Crippen molar-refractivity contribution < 1.29 is 34.5 Å². The highest BCUT2D eigenvalue weighted by molar-refractivity contribution is 5.94. The molecule has 9 heteroatoms. The van der Waals surface area contributed by atoms with Gasteiger partial charge in [0, 0.05) is 11.9 Å². The van der Waals surface area contributed by atoms with Gasteiger partial charge in [0.15, 0.2) is 5.60 Å². The number of carboxylic acids is 2. The highest BCUT2D eigenvalue weighted by atomic mass is 16.7. The summed E-state index contributed by atoms with van der Waals surface area (Å²) in [5, 5.41) is 30.7. The molecular weight excluding hydrogens is 356 g/mol. The van der Waals surface area contributed by atoms with Crippen molar-refractivity contribution >= 4 is 34.4 Å². The maximum atomic E-state index is 12.2. The van der Waals surface area contributed by atoms with E-state index in [9.17, 15) is 19.5 Å². The number of carbonyl (C=O) groups is 3. The summed E-state index contributed by atoms with van der Waals surface area (Å²) < 4.78 is 0. The zero-order chi connectivity index (χ0) is 20.0. The maximum absolute atomic E-state index is 12.2. The molecule has 27 heavy (non-hydrogen) atoms. The van der Waals surface area contributed by atoms with Crippen molar-refractivity contribution in [1.29, 1.82) is 0 Å². The molecule has 0 saturated carbocycles. The van der Waals surface area contributed by atoms with Crippen LogP contribution in [0.25, 0.3) is 10.8 Å². The number of rotatable bonds is 9. The number of hydrogen-bond acceptors (Lipinski definition) is 7. The van der Waals surface area contributed by atoms with E-state index >= 15 is 0 Å². The molecule has 0 aliphatic rings. The molecule has 0 aliphatic carbocycles. The molecule has 2 rings (SSSR count). The first-order chi connectivity index (χ1) is 12.8. The molecule has 0 bridgehead atoms. The molecule has 0 amide bonds. The summed E-state index contributed by atoms with van der Waals surface area (Å²) in [5.74, 6) is -4.47. The number of carbonyl (C=O) groups excluding carboxylic acids is 1. The van der Waals surface area contributed by atoms with Crippen LogP contribution in [0.2, 0.25) is 0 Å². The van der Waals surface area contributed by atoms with Gasteiger partial charge in [-0.15, -0.1) is 0 Å². The van der Waals surface area contributed by atoms with Gasteiger partial charge in [-0.1, -0.05) is 36.4 Å². The number of hydrogen-bond donors (Lipinski definition) is 4. The highest BCUT2D eigenvalue weighted by Gasteiger charge is 2.42. The lowest BCUT2D eigenvalue weighted by Gasteiger charge is -2.26. The van der Waals surface area contributed by atoms with Gasteiger partial charge in [0.2, 0.25) is 0 Å².